The summed E-state index contributed by atoms with van der Waals surface area (Å²) in [7, 11) is 0. The van der Waals surface area contributed by atoms with E-state index in [9.17, 15) is 5.11 Å². The second-order valence-electron chi connectivity index (χ2n) is 5.19. The average Bonchev–Trinajstić information content (AvgIpc) is 2.37. The van der Waals surface area contributed by atoms with Crippen LogP contribution in [0.2, 0.25) is 0 Å². The van der Waals surface area contributed by atoms with Gasteiger partial charge < -0.3 is 5.11 Å². The predicted octanol–water partition coefficient (Wildman–Crippen LogP) is 3.70. The van der Waals surface area contributed by atoms with Crippen LogP contribution >= 0.6 is 0 Å². The van der Waals surface area contributed by atoms with Crippen molar-refractivity contribution in [2.75, 3.05) is 0 Å². The van der Waals surface area contributed by atoms with E-state index in [4.69, 9.17) is 0 Å². The third kappa shape index (κ3) is 2.18. The lowest BCUT2D eigenvalue weighted by Gasteiger charge is -2.30. The van der Waals surface area contributed by atoms with Crippen LogP contribution < -0.4 is 0 Å². The fraction of sp³-hybridized carbons (Fsp3) is 0.400. The van der Waals surface area contributed by atoms with Gasteiger partial charge in [0.25, 0.3) is 0 Å². The van der Waals surface area contributed by atoms with Crippen LogP contribution in [0, 0.1) is 5.41 Å². The minimum Gasteiger partial charge on any atom is -0.388 e. The number of hydrogen-bond acceptors (Lipinski definition) is 2. The molecule has 1 aromatic heterocycles. The smallest absolute Gasteiger partial charge is 0.0846 e. The van der Waals surface area contributed by atoms with Gasteiger partial charge in [-0.05, 0) is 28.9 Å². The maximum atomic E-state index is 10.5. The first kappa shape index (κ1) is 12.1. The molecule has 2 rings (SSSR count). The van der Waals surface area contributed by atoms with Crippen LogP contribution in [0.1, 0.15) is 38.9 Å². The molecule has 0 radical (unpaired) electrons. The summed E-state index contributed by atoms with van der Waals surface area (Å²) >= 11 is 0. The van der Waals surface area contributed by atoms with E-state index in [-0.39, 0.29) is 5.41 Å². The Hall–Kier alpha value is -1.41. The molecule has 90 valence electrons. The molecule has 2 nitrogen and oxygen atoms in total. The van der Waals surface area contributed by atoms with Crippen LogP contribution in [0.3, 0.4) is 0 Å². The van der Waals surface area contributed by atoms with E-state index in [0.717, 1.165) is 22.8 Å². The lowest BCUT2D eigenvalue weighted by Crippen LogP contribution is -2.21. The van der Waals surface area contributed by atoms with Gasteiger partial charge in [-0.25, -0.2) is 0 Å². The minimum atomic E-state index is -0.446. The van der Waals surface area contributed by atoms with E-state index in [1.54, 1.807) is 6.20 Å². The molecule has 0 aliphatic heterocycles. The Morgan fingerprint density at radius 1 is 1.29 bits per heavy atom. The number of pyridine rings is 1. The van der Waals surface area contributed by atoms with E-state index < -0.39 is 6.10 Å². The number of rotatable bonds is 3. The highest BCUT2D eigenvalue weighted by Crippen LogP contribution is 2.38. The van der Waals surface area contributed by atoms with E-state index in [2.05, 4.69) is 25.8 Å². The van der Waals surface area contributed by atoms with Crippen LogP contribution in [0.4, 0.5) is 0 Å². The van der Waals surface area contributed by atoms with Crippen molar-refractivity contribution >= 4 is 10.8 Å². The number of aromatic nitrogens is 1. The Kier molecular flexibility index (Phi) is 3.16. The average molecular weight is 229 g/mol. The number of aliphatic hydroxyl groups is 1. The largest absolute Gasteiger partial charge is 0.388 e. The molecule has 0 saturated heterocycles. The van der Waals surface area contributed by atoms with Crippen LogP contribution in [-0.2, 0) is 0 Å². The van der Waals surface area contributed by atoms with Gasteiger partial charge in [0, 0.05) is 17.8 Å². The molecule has 0 aliphatic carbocycles. The lowest BCUT2D eigenvalue weighted by molar-refractivity contribution is 0.0477. The maximum absolute atomic E-state index is 10.5. The summed E-state index contributed by atoms with van der Waals surface area (Å²) in [6.45, 7) is 6.30. The SMILES string of the molecule is CCC(C)(C)C(O)c1cccc2cnccc12. The molecule has 0 saturated carbocycles. The Morgan fingerprint density at radius 2 is 2.06 bits per heavy atom. The maximum Gasteiger partial charge on any atom is 0.0846 e. The molecule has 1 atom stereocenters. The summed E-state index contributed by atoms with van der Waals surface area (Å²) in [4.78, 5) is 4.11. The molecule has 1 N–H and O–H groups in total. The van der Waals surface area contributed by atoms with Gasteiger partial charge in [-0.1, -0.05) is 39.0 Å². The third-order valence-corrected chi connectivity index (χ3v) is 3.66. The Labute approximate surface area is 102 Å². The van der Waals surface area contributed by atoms with Crippen molar-refractivity contribution in [1.82, 2.24) is 4.98 Å². The molecule has 0 amide bonds. The van der Waals surface area contributed by atoms with Gasteiger partial charge in [0.1, 0.15) is 0 Å². The van der Waals surface area contributed by atoms with E-state index >= 15 is 0 Å². The molecule has 2 aromatic rings. The standard InChI is InChI=1S/C15H19NO/c1-4-15(2,3)14(17)13-7-5-6-11-10-16-9-8-12(11)13/h5-10,14,17H,4H2,1-3H3. The molecule has 0 fully saturated rings. The first-order chi connectivity index (χ1) is 8.06. The number of nitrogens with zero attached hydrogens (tertiary/aromatic N) is 1. The zero-order chi connectivity index (χ0) is 12.5. The molecule has 2 heteroatoms. The minimum absolute atomic E-state index is 0.114. The zero-order valence-corrected chi connectivity index (χ0v) is 10.6. The first-order valence-corrected chi connectivity index (χ1v) is 6.07. The number of aliphatic hydroxyl groups excluding tert-OH is 1. The van der Waals surface area contributed by atoms with Crippen molar-refractivity contribution in [2.24, 2.45) is 5.41 Å². The normalized spacial score (nSPS) is 13.9. The van der Waals surface area contributed by atoms with Crippen molar-refractivity contribution in [3.8, 4) is 0 Å². The summed E-state index contributed by atoms with van der Waals surface area (Å²) in [6.07, 6.45) is 4.11. The summed E-state index contributed by atoms with van der Waals surface area (Å²) < 4.78 is 0. The lowest BCUT2D eigenvalue weighted by atomic mass is 9.79. The fourth-order valence-electron chi connectivity index (χ4n) is 2.00. The van der Waals surface area contributed by atoms with Crippen molar-refractivity contribution < 1.29 is 5.11 Å². The zero-order valence-electron chi connectivity index (χ0n) is 10.6. The van der Waals surface area contributed by atoms with E-state index in [1.165, 1.54) is 0 Å². The predicted molar refractivity (Wildman–Crippen MR) is 70.8 cm³/mol. The van der Waals surface area contributed by atoms with Crippen molar-refractivity contribution in [3.05, 3.63) is 42.2 Å². The Balaban J connectivity index is 2.56. The highest BCUT2D eigenvalue weighted by molar-refractivity contribution is 5.85. The second kappa shape index (κ2) is 4.46. The van der Waals surface area contributed by atoms with Gasteiger partial charge in [0.05, 0.1) is 6.10 Å². The van der Waals surface area contributed by atoms with Crippen LogP contribution in [0.25, 0.3) is 10.8 Å². The van der Waals surface area contributed by atoms with Gasteiger partial charge in [-0.3, -0.25) is 4.98 Å². The van der Waals surface area contributed by atoms with Gasteiger partial charge >= 0.3 is 0 Å². The number of benzene rings is 1. The Morgan fingerprint density at radius 3 is 2.76 bits per heavy atom. The molecular formula is C15H19NO. The highest BCUT2D eigenvalue weighted by Gasteiger charge is 2.28. The molecule has 1 aromatic carbocycles. The molecular weight excluding hydrogens is 210 g/mol. The molecule has 0 bridgehead atoms. The van der Waals surface area contributed by atoms with Crippen LogP contribution in [-0.4, -0.2) is 10.1 Å². The first-order valence-electron chi connectivity index (χ1n) is 6.07. The van der Waals surface area contributed by atoms with Crippen molar-refractivity contribution in [1.29, 1.82) is 0 Å². The van der Waals surface area contributed by atoms with Gasteiger partial charge in [-0.15, -0.1) is 0 Å². The molecule has 0 spiro atoms. The number of fused-ring (bicyclic) bond motifs is 1. The van der Waals surface area contributed by atoms with Gasteiger partial charge in [0.2, 0.25) is 0 Å². The van der Waals surface area contributed by atoms with Crippen LogP contribution in [0.15, 0.2) is 36.7 Å². The summed E-state index contributed by atoms with van der Waals surface area (Å²) in [6, 6.07) is 7.98. The van der Waals surface area contributed by atoms with E-state index in [0.29, 0.717) is 0 Å². The quantitative estimate of drug-likeness (QED) is 0.870. The highest BCUT2D eigenvalue weighted by atomic mass is 16.3. The Bertz CT molecular complexity index is 514. The fourth-order valence-corrected chi connectivity index (χ4v) is 2.00. The van der Waals surface area contributed by atoms with Gasteiger partial charge in [-0.2, -0.15) is 0 Å². The number of hydrogen-bond donors (Lipinski definition) is 1. The molecule has 1 heterocycles. The van der Waals surface area contributed by atoms with Gasteiger partial charge in [0.15, 0.2) is 0 Å². The topological polar surface area (TPSA) is 33.1 Å². The molecule has 17 heavy (non-hydrogen) atoms. The monoisotopic (exact) mass is 229 g/mol. The second-order valence-corrected chi connectivity index (χ2v) is 5.19. The van der Waals surface area contributed by atoms with Crippen molar-refractivity contribution in [2.45, 2.75) is 33.3 Å². The summed E-state index contributed by atoms with van der Waals surface area (Å²) in [5.41, 5.74) is 0.883. The van der Waals surface area contributed by atoms with E-state index in [1.807, 2.05) is 30.5 Å². The summed E-state index contributed by atoms with van der Waals surface area (Å²) in [5, 5.41) is 12.7. The molecule has 1 unspecified atom stereocenters. The molecule has 0 aliphatic rings. The summed E-state index contributed by atoms with van der Waals surface area (Å²) in [5.74, 6) is 0. The van der Waals surface area contributed by atoms with Crippen molar-refractivity contribution in [3.63, 3.8) is 0 Å². The van der Waals surface area contributed by atoms with Crippen LogP contribution in [0.5, 0.6) is 0 Å². The third-order valence-electron chi connectivity index (χ3n) is 3.66.